The molecular weight excluding hydrogens is 242 g/mol. The van der Waals surface area contributed by atoms with Crippen molar-refractivity contribution in [1.29, 1.82) is 0 Å². The number of carboxylic acids is 1. The Hall–Kier alpha value is -1.88. The van der Waals surface area contributed by atoms with Crippen LogP contribution in [0, 0.1) is 0 Å². The number of hydrogen-bond acceptors (Lipinski definition) is 3. The minimum atomic E-state index is -0.921. The molecule has 1 heterocycles. The zero-order chi connectivity index (χ0) is 12.4. The lowest BCUT2D eigenvalue weighted by molar-refractivity contribution is -0.138. The highest BCUT2D eigenvalue weighted by Crippen LogP contribution is 2.20. The summed E-state index contributed by atoms with van der Waals surface area (Å²) in [5, 5.41) is 17.2. The van der Waals surface area contributed by atoms with Gasteiger partial charge < -0.3 is 5.11 Å². The third-order valence-electron chi connectivity index (χ3n) is 2.44. The largest absolute Gasteiger partial charge is 0.481 e. The van der Waals surface area contributed by atoms with E-state index in [9.17, 15) is 4.79 Å². The molecule has 0 radical (unpaired) electrons. The zero-order valence-electron chi connectivity index (χ0n) is 9.04. The second-order valence-electron chi connectivity index (χ2n) is 3.61. The molecule has 0 bridgehead atoms. The second kappa shape index (κ2) is 4.55. The number of halogens is 1. The summed E-state index contributed by atoms with van der Waals surface area (Å²) in [6, 6.07) is 7.00. The van der Waals surface area contributed by atoms with E-state index < -0.39 is 11.9 Å². The molecular formula is C11H10ClN3O2. The summed E-state index contributed by atoms with van der Waals surface area (Å²) in [7, 11) is 0. The van der Waals surface area contributed by atoms with Crippen LogP contribution in [0.1, 0.15) is 18.5 Å². The van der Waals surface area contributed by atoms with Gasteiger partial charge in [0.05, 0.1) is 23.5 Å². The van der Waals surface area contributed by atoms with Crippen LogP contribution >= 0.6 is 11.6 Å². The lowest BCUT2D eigenvalue weighted by atomic mass is 10.1. The van der Waals surface area contributed by atoms with Crippen LogP contribution in [0.5, 0.6) is 0 Å². The summed E-state index contributed by atoms with van der Waals surface area (Å²) in [5.74, 6) is -1.60. The molecule has 17 heavy (non-hydrogen) atoms. The van der Waals surface area contributed by atoms with Gasteiger partial charge in [0.2, 0.25) is 0 Å². The van der Waals surface area contributed by atoms with E-state index in [4.69, 9.17) is 16.7 Å². The van der Waals surface area contributed by atoms with Gasteiger partial charge in [-0.05, 0) is 25.1 Å². The molecule has 0 fully saturated rings. The average Bonchev–Trinajstić information content (AvgIpc) is 2.76. The average molecular weight is 252 g/mol. The molecule has 1 unspecified atom stereocenters. The highest BCUT2D eigenvalue weighted by Gasteiger charge is 2.19. The molecule has 2 aromatic rings. The molecule has 1 aromatic carbocycles. The van der Waals surface area contributed by atoms with Gasteiger partial charge in [0, 0.05) is 5.02 Å². The van der Waals surface area contributed by atoms with Crippen molar-refractivity contribution >= 4 is 17.6 Å². The van der Waals surface area contributed by atoms with Crippen LogP contribution < -0.4 is 0 Å². The number of carboxylic acid groups (broad SMARTS) is 1. The van der Waals surface area contributed by atoms with Crippen LogP contribution in [-0.2, 0) is 4.79 Å². The Labute approximate surface area is 103 Å². The highest BCUT2D eigenvalue weighted by molar-refractivity contribution is 6.30. The maximum Gasteiger partial charge on any atom is 0.312 e. The molecule has 1 atom stereocenters. The Morgan fingerprint density at radius 3 is 2.94 bits per heavy atom. The summed E-state index contributed by atoms with van der Waals surface area (Å²) < 4.78 is 1.48. The van der Waals surface area contributed by atoms with Gasteiger partial charge in [0.25, 0.3) is 0 Å². The number of benzene rings is 1. The quantitative estimate of drug-likeness (QED) is 0.907. The van der Waals surface area contributed by atoms with Crippen LogP contribution in [0.3, 0.4) is 0 Å². The number of aromatic nitrogens is 3. The van der Waals surface area contributed by atoms with E-state index in [0.29, 0.717) is 16.4 Å². The minimum absolute atomic E-state index is 0.514. The molecule has 1 aromatic heterocycles. The van der Waals surface area contributed by atoms with E-state index in [1.165, 1.54) is 10.9 Å². The summed E-state index contributed by atoms with van der Waals surface area (Å²) >= 11 is 5.88. The predicted molar refractivity (Wildman–Crippen MR) is 62.4 cm³/mol. The summed E-state index contributed by atoms with van der Waals surface area (Å²) in [6.45, 7) is 1.59. The van der Waals surface area contributed by atoms with Crippen molar-refractivity contribution in [2.24, 2.45) is 0 Å². The summed E-state index contributed by atoms with van der Waals surface area (Å²) in [6.07, 6.45) is 1.44. The Morgan fingerprint density at radius 2 is 2.29 bits per heavy atom. The van der Waals surface area contributed by atoms with Crippen molar-refractivity contribution in [2.45, 2.75) is 12.8 Å². The van der Waals surface area contributed by atoms with Crippen molar-refractivity contribution in [3.05, 3.63) is 41.2 Å². The van der Waals surface area contributed by atoms with Crippen molar-refractivity contribution in [1.82, 2.24) is 15.0 Å². The smallest absolute Gasteiger partial charge is 0.312 e. The van der Waals surface area contributed by atoms with Gasteiger partial charge in [-0.2, -0.15) is 0 Å². The number of rotatable bonds is 3. The van der Waals surface area contributed by atoms with Crippen molar-refractivity contribution in [2.75, 3.05) is 0 Å². The standard InChI is InChI=1S/C11H10ClN3O2/c1-7(11(16)17)10-6-13-14-15(10)9-4-2-3-8(12)5-9/h2-7H,1H3,(H,16,17). The predicted octanol–water partition coefficient (Wildman–Crippen LogP) is 2.11. The first kappa shape index (κ1) is 11.6. The van der Waals surface area contributed by atoms with E-state index in [-0.39, 0.29) is 0 Å². The van der Waals surface area contributed by atoms with Gasteiger partial charge in [-0.1, -0.05) is 22.9 Å². The molecule has 0 spiro atoms. The van der Waals surface area contributed by atoms with E-state index in [1.807, 2.05) is 0 Å². The molecule has 2 rings (SSSR count). The molecule has 88 valence electrons. The van der Waals surface area contributed by atoms with Gasteiger partial charge >= 0.3 is 5.97 Å². The molecule has 5 nitrogen and oxygen atoms in total. The fraction of sp³-hybridized carbons (Fsp3) is 0.182. The van der Waals surface area contributed by atoms with E-state index in [0.717, 1.165) is 0 Å². The Balaban J connectivity index is 2.47. The first-order valence-corrected chi connectivity index (χ1v) is 5.36. The molecule has 0 aliphatic rings. The minimum Gasteiger partial charge on any atom is -0.481 e. The van der Waals surface area contributed by atoms with Crippen molar-refractivity contribution < 1.29 is 9.90 Å². The topological polar surface area (TPSA) is 68.0 Å². The van der Waals surface area contributed by atoms with Gasteiger partial charge in [-0.3, -0.25) is 4.79 Å². The number of hydrogen-bond donors (Lipinski definition) is 1. The number of nitrogens with zero attached hydrogens (tertiary/aromatic N) is 3. The zero-order valence-corrected chi connectivity index (χ0v) is 9.80. The molecule has 6 heteroatoms. The van der Waals surface area contributed by atoms with Crippen molar-refractivity contribution in [3.8, 4) is 5.69 Å². The first-order valence-electron chi connectivity index (χ1n) is 4.99. The van der Waals surface area contributed by atoms with E-state index in [1.54, 1.807) is 31.2 Å². The lowest BCUT2D eigenvalue weighted by Gasteiger charge is -2.09. The number of aliphatic carboxylic acids is 1. The monoisotopic (exact) mass is 251 g/mol. The lowest BCUT2D eigenvalue weighted by Crippen LogP contribution is -2.13. The Morgan fingerprint density at radius 1 is 1.53 bits per heavy atom. The molecule has 0 amide bonds. The SMILES string of the molecule is CC(C(=O)O)c1cnnn1-c1cccc(Cl)c1. The fourth-order valence-corrected chi connectivity index (χ4v) is 1.66. The maximum atomic E-state index is 11.0. The molecule has 0 aliphatic heterocycles. The third-order valence-corrected chi connectivity index (χ3v) is 2.68. The van der Waals surface area contributed by atoms with Gasteiger partial charge in [-0.15, -0.1) is 5.10 Å². The molecule has 1 N–H and O–H groups in total. The molecule has 0 saturated heterocycles. The summed E-state index contributed by atoms with van der Waals surface area (Å²) in [4.78, 5) is 11.0. The van der Waals surface area contributed by atoms with E-state index in [2.05, 4.69) is 10.3 Å². The van der Waals surface area contributed by atoms with Crippen LogP contribution in [0.4, 0.5) is 0 Å². The van der Waals surface area contributed by atoms with E-state index >= 15 is 0 Å². The number of carbonyl (C=O) groups is 1. The normalized spacial score (nSPS) is 12.4. The van der Waals surface area contributed by atoms with Gasteiger partial charge in [-0.25, -0.2) is 4.68 Å². The summed E-state index contributed by atoms with van der Waals surface area (Å²) in [5.41, 5.74) is 1.21. The third kappa shape index (κ3) is 2.29. The highest BCUT2D eigenvalue weighted by atomic mass is 35.5. The first-order chi connectivity index (χ1) is 8.09. The Kier molecular flexibility index (Phi) is 3.10. The van der Waals surface area contributed by atoms with Gasteiger partial charge in [0.15, 0.2) is 0 Å². The van der Waals surface area contributed by atoms with Gasteiger partial charge in [0.1, 0.15) is 0 Å². The maximum absolute atomic E-state index is 11.0. The fourth-order valence-electron chi connectivity index (χ4n) is 1.47. The molecule has 0 saturated carbocycles. The molecule has 0 aliphatic carbocycles. The van der Waals surface area contributed by atoms with Crippen LogP contribution in [0.2, 0.25) is 5.02 Å². The van der Waals surface area contributed by atoms with Crippen LogP contribution in [-0.4, -0.2) is 26.1 Å². The van der Waals surface area contributed by atoms with Crippen LogP contribution in [0.25, 0.3) is 5.69 Å². The Bertz CT molecular complexity index is 553. The van der Waals surface area contributed by atoms with Crippen molar-refractivity contribution in [3.63, 3.8) is 0 Å². The van der Waals surface area contributed by atoms with Crippen LogP contribution in [0.15, 0.2) is 30.5 Å². The second-order valence-corrected chi connectivity index (χ2v) is 4.05.